The highest BCUT2D eigenvalue weighted by atomic mass is 16.5. The molecule has 3 aliphatic rings. The Morgan fingerprint density at radius 1 is 0.893 bits per heavy atom. The van der Waals surface area contributed by atoms with Gasteiger partial charge in [0.25, 0.3) is 0 Å². The van der Waals surface area contributed by atoms with Crippen molar-refractivity contribution in [2.45, 2.75) is 71.8 Å². The van der Waals surface area contributed by atoms with Crippen LogP contribution in [0.15, 0.2) is 35.6 Å². The molecular formula is C24H28O4. The molecule has 0 radical (unpaired) electrons. The zero-order valence-electron chi connectivity index (χ0n) is 17.3. The maximum absolute atomic E-state index is 13.4. The number of hydrogen-bond acceptors (Lipinski definition) is 4. The molecule has 4 rings (SSSR count). The highest BCUT2D eigenvalue weighted by Gasteiger charge is 2.65. The first-order valence-electron chi connectivity index (χ1n) is 10.0. The second-order valence-electron chi connectivity index (χ2n) is 10.3. The fraction of sp³-hybridized carbons (Fsp3) is 0.542. The summed E-state index contributed by atoms with van der Waals surface area (Å²) in [6.07, 6.45) is 1.53. The molecule has 28 heavy (non-hydrogen) atoms. The molecule has 0 N–H and O–H groups in total. The number of allylic oxidation sites excluding steroid dienone is 1. The molecule has 4 heteroatoms. The van der Waals surface area contributed by atoms with E-state index >= 15 is 0 Å². The van der Waals surface area contributed by atoms with E-state index in [-0.39, 0.29) is 41.0 Å². The third-order valence-electron chi connectivity index (χ3n) is 6.34. The van der Waals surface area contributed by atoms with E-state index in [0.29, 0.717) is 24.2 Å². The van der Waals surface area contributed by atoms with Crippen LogP contribution in [0.4, 0.5) is 0 Å². The van der Waals surface area contributed by atoms with E-state index in [1.807, 2.05) is 58.9 Å². The van der Waals surface area contributed by atoms with Crippen molar-refractivity contribution in [2.75, 3.05) is 0 Å². The molecule has 0 bridgehead atoms. The van der Waals surface area contributed by atoms with E-state index in [2.05, 4.69) is 0 Å². The average Bonchev–Trinajstić information content (AvgIpc) is 2.87. The van der Waals surface area contributed by atoms with Gasteiger partial charge in [0, 0.05) is 31.3 Å². The molecule has 1 aliphatic heterocycles. The van der Waals surface area contributed by atoms with E-state index < -0.39 is 11.5 Å². The van der Waals surface area contributed by atoms with Gasteiger partial charge in [-0.05, 0) is 23.3 Å². The summed E-state index contributed by atoms with van der Waals surface area (Å²) in [5.41, 5.74) is 0.196. The Bertz CT molecular complexity index is 912. The standard InChI is InChI=1S/C24H28O4/c1-14-7-6-8-15(9-14)21-20-16(25)10-22(2,3)11-17(20)28-24(21)18(26)12-23(4,5)13-19(24)27/h6-9,21H,10-13H2,1-5H3. The molecule has 4 nitrogen and oxygen atoms in total. The molecule has 1 aromatic rings. The predicted octanol–water partition coefficient (Wildman–Crippen LogP) is 4.45. The maximum Gasteiger partial charge on any atom is 0.234 e. The Morgan fingerprint density at radius 2 is 1.50 bits per heavy atom. The summed E-state index contributed by atoms with van der Waals surface area (Å²) in [7, 11) is 0. The van der Waals surface area contributed by atoms with Crippen LogP contribution < -0.4 is 0 Å². The Labute approximate surface area is 166 Å². The van der Waals surface area contributed by atoms with Crippen LogP contribution in [0.25, 0.3) is 0 Å². The van der Waals surface area contributed by atoms with Gasteiger partial charge < -0.3 is 4.74 Å². The van der Waals surface area contributed by atoms with Crippen molar-refractivity contribution < 1.29 is 19.1 Å². The lowest BCUT2D eigenvalue weighted by atomic mass is 9.61. The van der Waals surface area contributed by atoms with Gasteiger partial charge in [-0.25, -0.2) is 0 Å². The van der Waals surface area contributed by atoms with Crippen LogP contribution in [0, 0.1) is 17.8 Å². The monoisotopic (exact) mass is 380 g/mol. The Hall–Kier alpha value is -2.23. The molecule has 1 spiro atoms. The normalized spacial score (nSPS) is 27.8. The van der Waals surface area contributed by atoms with Crippen molar-refractivity contribution in [3.05, 3.63) is 46.7 Å². The number of hydrogen-bond donors (Lipinski definition) is 0. The Kier molecular flexibility index (Phi) is 4.01. The molecule has 1 heterocycles. The first-order chi connectivity index (χ1) is 13.0. The number of rotatable bonds is 1. The molecule has 1 aromatic carbocycles. The van der Waals surface area contributed by atoms with E-state index in [9.17, 15) is 14.4 Å². The lowest BCUT2D eigenvalue weighted by Crippen LogP contribution is -2.57. The summed E-state index contributed by atoms with van der Waals surface area (Å²) in [5.74, 6) is -0.475. The summed E-state index contributed by atoms with van der Waals surface area (Å²) in [5, 5.41) is 0. The first kappa shape index (κ1) is 19.1. The number of aryl methyl sites for hydroxylation is 1. The molecule has 1 atom stereocenters. The minimum atomic E-state index is -1.58. The molecule has 1 saturated carbocycles. The third kappa shape index (κ3) is 2.76. The van der Waals surface area contributed by atoms with Gasteiger partial charge in [0.1, 0.15) is 5.76 Å². The molecule has 148 valence electrons. The van der Waals surface area contributed by atoms with Crippen LogP contribution >= 0.6 is 0 Å². The summed E-state index contributed by atoms with van der Waals surface area (Å²) >= 11 is 0. The second kappa shape index (κ2) is 5.88. The van der Waals surface area contributed by atoms with E-state index in [1.54, 1.807) is 0 Å². The summed E-state index contributed by atoms with van der Waals surface area (Å²) in [6.45, 7) is 9.90. The van der Waals surface area contributed by atoms with Crippen molar-refractivity contribution >= 4 is 17.3 Å². The van der Waals surface area contributed by atoms with Crippen molar-refractivity contribution in [1.82, 2.24) is 0 Å². The van der Waals surface area contributed by atoms with Crippen molar-refractivity contribution in [3.8, 4) is 0 Å². The zero-order chi connectivity index (χ0) is 20.5. The SMILES string of the molecule is Cc1cccc(C2C3=C(CC(C)(C)CC3=O)OC23C(=O)CC(C)(C)CC3=O)c1. The van der Waals surface area contributed by atoms with Crippen LogP contribution in [-0.4, -0.2) is 23.0 Å². The van der Waals surface area contributed by atoms with E-state index in [1.165, 1.54) is 0 Å². The van der Waals surface area contributed by atoms with Crippen LogP contribution in [0.1, 0.15) is 70.4 Å². The quantitative estimate of drug-likeness (QED) is 0.676. The second-order valence-corrected chi connectivity index (χ2v) is 10.3. The minimum Gasteiger partial charge on any atom is -0.474 e. The predicted molar refractivity (Wildman–Crippen MR) is 106 cm³/mol. The number of Topliss-reactive ketones (excluding diaryl/α,β-unsaturated/α-hetero) is 3. The van der Waals surface area contributed by atoms with Gasteiger partial charge >= 0.3 is 0 Å². The molecule has 1 fully saturated rings. The van der Waals surface area contributed by atoms with Crippen LogP contribution in [-0.2, 0) is 19.1 Å². The van der Waals surface area contributed by atoms with Gasteiger partial charge in [-0.3, -0.25) is 14.4 Å². The number of benzene rings is 1. The van der Waals surface area contributed by atoms with Gasteiger partial charge in [-0.1, -0.05) is 57.5 Å². The van der Waals surface area contributed by atoms with Gasteiger partial charge in [0.05, 0.1) is 5.92 Å². The lowest BCUT2D eigenvalue weighted by Gasteiger charge is -2.41. The molecule has 0 aromatic heterocycles. The molecule has 0 saturated heterocycles. The van der Waals surface area contributed by atoms with E-state index in [0.717, 1.165) is 11.1 Å². The van der Waals surface area contributed by atoms with Crippen LogP contribution in [0.5, 0.6) is 0 Å². The number of ketones is 3. The third-order valence-corrected chi connectivity index (χ3v) is 6.34. The average molecular weight is 380 g/mol. The highest BCUT2D eigenvalue weighted by Crippen LogP contribution is 2.57. The number of carbonyl (C=O) groups is 3. The van der Waals surface area contributed by atoms with Gasteiger partial charge in [0.15, 0.2) is 17.3 Å². The minimum absolute atomic E-state index is 0.0000600. The van der Waals surface area contributed by atoms with E-state index in [4.69, 9.17) is 4.74 Å². The molecule has 1 unspecified atom stereocenters. The van der Waals surface area contributed by atoms with Crippen molar-refractivity contribution in [1.29, 1.82) is 0 Å². The summed E-state index contributed by atoms with van der Waals surface area (Å²) in [6, 6.07) is 7.77. The smallest absolute Gasteiger partial charge is 0.234 e. The van der Waals surface area contributed by atoms with Crippen LogP contribution in [0.2, 0.25) is 0 Å². The summed E-state index contributed by atoms with van der Waals surface area (Å²) < 4.78 is 6.28. The Morgan fingerprint density at radius 3 is 2.11 bits per heavy atom. The molecular weight excluding hydrogens is 352 g/mol. The fourth-order valence-corrected chi connectivity index (χ4v) is 5.18. The van der Waals surface area contributed by atoms with Gasteiger partial charge in [-0.15, -0.1) is 0 Å². The first-order valence-corrected chi connectivity index (χ1v) is 10.0. The largest absolute Gasteiger partial charge is 0.474 e. The van der Waals surface area contributed by atoms with Gasteiger partial charge in [0.2, 0.25) is 5.60 Å². The number of carbonyl (C=O) groups excluding carboxylic acids is 3. The van der Waals surface area contributed by atoms with Crippen molar-refractivity contribution in [2.24, 2.45) is 10.8 Å². The van der Waals surface area contributed by atoms with Crippen molar-refractivity contribution in [3.63, 3.8) is 0 Å². The summed E-state index contributed by atoms with van der Waals surface area (Å²) in [4.78, 5) is 40.0. The maximum atomic E-state index is 13.4. The molecule has 2 aliphatic carbocycles. The Balaban J connectivity index is 1.92. The molecule has 0 amide bonds. The lowest BCUT2D eigenvalue weighted by molar-refractivity contribution is -0.160. The fourth-order valence-electron chi connectivity index (χ4n) is 5.18. The topological polar surface area (TPSA) is 60.4 Å². The van der Waals surface area contributed by atoms with Gasteiger partial charge in [-0.2, -0.15) is 0 Å². The highest BCUT2D eigenvalue weighted by molar-refractivity contribution is 6.17. The van der Waals surface area contributed by atoms with Crippen LogP contribution in [0.3, 0.4) is 0 Å². The number of ether oxygens (including phenoxy) is 1. The zero-order valence-corrected chi connectivity index (χ0v) is 17.3.